The van der Waals surface area contributed by atoms with E-state index < -0.39 is 0 Å². The number of unbranched alkanes of at least 4 members (excludes halogenated alkanes) is 1. The summed E-state index contributed by atoms with van der Waals surface area (Å²) in [7, 11) is 2.89. The summed E-state index contributed by atoms with van der Waals surface area (Å²) in [5.74, 6) is -0.114. The highest BCUT2D eigenvalue weighted by atomic mass is 32.9. The Kier molecular flexibility index (Phi) is 5.12. The zero-order chi connectivity index (χ0) is 13.7. The number of carbonyl (C=O) groups excluding carboxylic acids is 1. The molecule has 100 valence electrons. The van der Waals surface area contributed by atoms with Crippen LogP contribution in [0.15, 0.2) is 18.6 Å². The van der Waals surface area contributed by atoms with E-state index in [9.17, 15) is 4.79 Å². The Morgan fingerprint density at radius 3 is 2.95 bits per heavy atom. The monoisotopic (exact) mass is 311 g/mol. The summed E-state index contributed by atoms with van der Waals surface area (Å²) in [6, 6.07) is 0. The first-order valence-electron chi connectivity index (χ1n) is 5.91. The van der Waals surface area contributed by atoms with Gasteiger partial charge >= 0.3 is 0 Å². The van der Waals surface area contributed by atoms with Crippen molar-refractivity contribution in [3.8, 4) is 10.6 Å². The van der Waals surface area contributed by atoms with Gasteiger partial charge in [-0.05, 0) is 6.42 Å². The second kappa shape index (κ2) is 6.83. The molecule has 0 aliphatic heterocycles. The molecule has 2 heterocycles. The predicted molar refractivity (Wildman–Crippen MR) is 81.3 cm³/mol. The molecule has 19 heavy (non-hydrogen) atoms. The number of nitrogens with one attached hydrogen (secondary N) is 1. The fraction of sp³-hybridized carbons (Fsp3) is 0.333. The highest BCUT2D eigenvalue weighted by Gasteiger charge is 2.18. The zero-order valence-corrected chi connectivity index (χ0v) is 12.8. The van der Waals surface area contributed by atoms with Crippen LogP contribution in [0.25, 0.3) is 10.6 Å². The Morgan fingerprint density at radius 1 is 1.42 bits per heavy atom. The highest BCUT2D eigenvalue weighted by molar-refractivity contribution is 7.80. The normalized spacial score (nSPS) is 10.4. The van der Waals surface area contributed by atoms with Crippen molar-refractivity contribution in [1.29, 1.82) is 0 Å². The summed E-state index contributed by atoms with van der Waals surface area (Å²) in [5, 5.41) is 2.90. The molecular formula is C12H13N3OS3. The van der Waals surface area contributed by atoms with E-state index in [0.29, 0.717) is 21.6 Å². The highest BCUT2D eigenvalue weighted by Crippen LogP contribution is 2.32. The fourth-order valence-corrected chi connectivity index (χ4v) is 4.27. The van der Waals surface area contributed by atoms with Crippen molar-refractivity contribution in [2.75, 3.05) is 6.54 Å². The molecule has 0 saturated heterocycles. The average molecular weight is 311 g/mol. The van der Waals surface area contributed by atoms with Gasteiger partial charge in [-0.1, -0.05) is 46.2 Å². The summed E-state index contributed by atoms with van der Waals surface area (Å²) in [5.41, 5.74) is 1.25. The third-order valence-corrected chi connectivity index (χ3v) is 5.51. The minimum absolute atomic E-state index is 0.114. The van der Waals surface area contributed by atoms with Gasteiger partial charge in [-0.15, -0.1) is 0 Å². The molecule has 0 spiro atoms. The van der Waals surface area contributed by atoms with Crippen LogP contribution in [0.2, 0.25) is 0 Å². The van der Waals surface area contributed by atoms with Crippen molar-refractivity contribution >= 4 is 38.8 Å². The summed E-state index contributed by atoms with van der Waals surface area (Å²) < 4.78 is 0.611. The van der Waals surface area contributed by atoms with Crippen molar-refractivity contribution < 1.29 is 4.79 Å². The van der Waals surface area contributed by atoms with Crippen LogP contribution in [0, 0.1) is 3.82 Å². The second-order valence-electron chi connectivity index (χ2n) is 3.86. The van der Waals surface area contributed by atoms with Gasteiger partial charge in [-0.3, -0.25) is 14.8 Å². The van der Waals surface area contributed by atoms with Crippen LogP contribution in [-0.4, -0.2) is 22.4 Å². The van der Waals surface area contributed by atoms with Gasteiger partial charge in [-0.2, -0.15) is 0 Å². The molecule has 1 N–H and O–H groups in total. The quantitative estimate of drug-likeness (QED) is 0.521. The Labute approximate surface area is 123 Å². The van der Waals surface area contributed by atoms with Gasteiger partial charge in [0.1, 0.15) is 9.52 Å². The zero-order valence-electron chi connectivity index (χ0n) is 10.4. The Hall–Kier alpha value is -1.18. The first-order chi connectivity index (χ1) is 9.24. The molecule has 0 atom stereocenters. The number of hydrogen-bond donors (Lipinski definition) is 1. The van der Waals surface area contributed by atoms with Crippen LogP contribution in [0.3, 0.4) is 0 Å². The lowest BCUT2D eigenvalue weighted by Crippen LogP contribution is -2.24. The van der Waals surface area contributed by atoms with Crippen molar-refractivity contribution in [2.45, 2.75) is 19.8 Å². The Morgan fingerprint density at radius 2 is 2.26 bits per heavy atom. The molecule has 0 bridgehead atoms. The first-order valence-corrected chi connectivity index (χ1v) is 8.47. The molecule has 0 fully saturated rings. The first kappa shape index (κ1) is 14.2. The van der Waals surface area contributed by atoms with Crippen LogP contribution in [-0.2, 0) is 0 Å². The standard InChI is InChI=1S/C12H13N3OS3/c1-2-3-4-15-11(16)9-10(18-19-12(9)17)8-7-13-5-6-14-8/h5-7H,2-4H2,1H3,(H,15,16). The van der Waals surface area contributed by atoms with Gasteiger partial charge in [0.05, 0.1) is 16.6 Å². The molecule has 2 aromatic heterocycles. The minimum atomic E-state index is -0.114. The molecule has 4 nitrogen and oxygen atoms in total. The van der Waals surface area contributed by atoms with Gasteiger partial charge in [0, 0.05) is 18.9 Å². The molecule has 7 heteroatoms. The van der Waals surface area contributed by atoms with E-state index in [2.05, 4.69) is 22.2 Å². The van der Waals surface area contributed by atoms with Crippen molar-refractivity contribution in [1.82, 2.24) is 15.3 Å². The SMILES string of the molecule is CCCCNC(=O)c1c(-c2cnccn2)ssc1=S. The largest absolute Gasteiger partial charge is 0.352 e. The lowest BCUT2D eigenvalue weighted by atomic mass is 10.2. The molecule has 2 aromatic rings. The number of nitrogens with zero attached hydrogens (tertiary/aromatic N) is 2. The molecular weight excluding hydrogens is 298 g/mol. The third kappa shape index (κ3) is 3.43. The molecule has 0 radical (unpaired) electrons. The number of aromatic nitrogens is 2. The van der Waals surface area contributed by atoms with Gasteiger partial charge in [-0.25, -0.2) is 0 Å². The van der Waals surface area contributed by atoms with Crippen molar-refractivity contribution in [3.05, 3.63) is 28.0 Å². The second-order valence-corrected chi connectivity index (χ2v) is 6.67. The van der Waals surface area contributed by atoms with Crippen LogP contribution in [0.4, 0.5) is 0 Å². The maximum atomic E-state index is 12.2. The van der Waals surface area contributed by atoms with E-state index >= 15 is 0 Å². The molecule has 0 aliphatic rings. The number of hydrogen-bond acceptors (Lipinski definition) is 6. The maximum absolute atomic E-state index is 12.2. The Bertz CT molecular complexity index is 606. The summed E-state index contributed by atoms with van der Waals surface area (Å²) in [6.07, 6.45) is 6.88. The fourth-order valence-electron chi connectivity index (χ4n) is 1.51. The van der Waals surface area contributed by atoms with Gasteiger partial charge < -0.3 is 5.32 Å². The molecule has 0 saturated carbocycles. The number of carbonyl (C=O) groups is 1. The molecule has 1 amide bonds. The molecule has 0 aliphatic carbocycles. The lowest BCUT2D eigenvalue weighted by Gasteiger charge is -2.04. The lowest BCUT2D eigenvalue weighted by molar-refractivity contribution is 0.0954. The van der Waals surface area contributed by atoms with Crippen molar-refractivity contribution in [3.63, 3.8) is 0 Å². The van der Waals surface area contributed by atoms with Gasteiger partial charge in [0.15, 0.2) is 0 Å². The molecule has 0 aromatic carbocycles. The Balaban J connectivity index is 2.28. The third-order valence-electron chi connectivity index (χ3n) is 2.47. The summed E-state index contributed by atoms with van der Waals surface area (Å²) >= 11 is 5.25. The number of rotatable bonds is 5. The predicted octanol–water partition coefficient (Wildman–Crippen LogP) is 3.53. The molecule has 2 rings (SSSR count). The van der Waals surface area contributed by atoms with E-state index in [1.165, 1.54) is 20.7 Å². The van der Waals surface area contributed by atoms with E-state index in [0.717, 1.165) is 17.7 Å². The van der Waals surface area contributed by atoms with Crippen LogP contribution in [0.1, 0.15) is 30.1 Å². The van der Waals surface area contributed by atoms with Crippen LogP contribution < -0.4 is 5.32 Å². The number of amides is 1. The maximum Gasteiger partial charge on any atom is 0.255 e. The smallest absolute Gasteiger partial charge is 0.255 e. The van der Waals surface area contributed by atoms with Gasteiger partial charge in [0.2, 0.25) is 0 Å². The summed E-state index contributed by atoms with van der Waals surface area (Å²) in [6.45, 7) is 2.76. The molecule has 0 unspecified atom stereocenters. The van der Waals surface area contributed by atoms with E-state index in [1.54, 1.807) is 18.6 Å². The van der Waals surface area contributed by atoms with Crippen molar-refractivity contribution in [2.24, 2.45) is 0 Å². The topological polar surface area (TPSA) is 54.9 Å². The van der Waals surface area contributed by atoms with E-state index in [1.807, 2.05) is 0 Å². The minimum Gasteiger partial charge on any atom is -0.352 e. The average Bonchev–Trinajstić information content (AvgIpc) is 2.82. The summed E-state index contributed by atoms with van der Waals surface area (Å²) in [4.78, 5) is 21.2. The van der Waals surface area contributed by atoms with E-state index in [-0.39, 0.29) is 5.91 Å². The van der Waals surface area contributed by atoms with Gasteiger partial charge in [0.25, 0.3) is 5.91 Å². The van der Waals surface area contributed by atoms with Crippen LogP contribution >= 0.6 is 32.9 Å². The van der Waals surface area contributed by atoms with E-state index in [4.69, 9.17) is 12.2 Å². The van der Waals surface area contributed by atoms with Crippen LogP contribution in [0.5, 0.6) is 0 Å².